The van der Waals surface area contributed by atoms with E-state index in [1.54, 1.807) is 0 Å². The predicted octanol–water partition coefficient (Wildman–Crippen LogP) is 9.82. The third-order valence-electron chi connectivity index (χ3n) is 10.7. The minimum Gasteiger partial charge on any atom is -0.412 e. The zero-order valence-electron chi connectivity index (χ0n) is 26.1. The van der Waals surface area contributed by atoms with Gasteiger partial charge in [0.25, 0.3) is 0 Å². The molecule has 40 heavy (non-hydrogen) atoms. The van der Waals surface area contributed by atoms with E-state index in [1.165, 1.54) is 73.6 Å². The quantitative estimate of drug-likeness (QED) is 0.169. The van der Waals surface area contributed by atoms with Crippen LogP contribution in [0.2, 0.25) is 18.1 Å². The fourth-order valence-electron chi connectivity index (χ4n) is 8.19. The Morgan fingerprint density at radius 1 is 1.18 bits per heavy atom. The Hall–Kier alpha value is -1.02. The zero-order valence-corrected chi connectivity index (χ0v) is 28.7. The van der Waals surface area contributed by atoms with Gasteiger partial charge >= 0.3 is 0 Å². The van der Waals surface area contributed by atoms with Crippen LogP contribution in [-0.2, 0) is 14.3 Å². The molecule has 4 rings (SSSR count). The van der Waals surface area contributed by atoms with Crippen LogP contribution in [0.4, 0.5) is 0 Å². The molecule has 0 radical (unpaired) electrons. The Kier molecular flexibility index (Phi) is 10.1. The van der Waals surface area contributed by atoms with Crippen LogP contribution in [0.3, 0.4) is 0 Å². The Morgan fingerprint density at radius 2 is 1.88 bits per heavy atom. The molecule has 2 fully saturated rings. The van der Waals surface area contributed by atoms with Gasteiger partial charge in [0.05, 0.1) is 21.6 Å². The molecule has 1 unspecified atom stereocenters. The minimum atomic E-state index is -3.42. The molecule has 7 heteroatoms. The standard InChI is InChI=1S/C33H53NO3S2Si/c1-8-40(9-2,10-3)37-32(5,6)22-13-15-25(4)27-19-20-28-26(16-14-23-33(27,28)7)21-24-39(35,36)31-34-29-17-11-12-18-30(29)38-31/h11-12,17-18,21,25,27-28H,8-10,13-16,19-20,22-24H2,1-7H3/t25?,27-,28+,33-/m1/s1. The summed E-state index contributed by atoms with van der Waals surface area (Å²) in [5, 5.41) is 0. The van der Waals surface area contributed by atoms with Crippen LogP contribution in [0.5, 0.6) is 0 Å². The lowest BCUT2D eigenvalue weighted by Crippen LogP contribution is -2.44. The summed E-state index contributed by atoms with van der Waals surface area (Å²) in [5.74, 6) is 1.98. The van der Waals surface area contributed by atoms with Gasteiger partial charge in [-0.15, -0.1) is 11.3 Å². The van der Waals surface area contributed by atoms with Crippen molar-refractivity contribution in [1.82, 2.24) is 4.98 Å². The molecule has 1 aromatic carbocycles. The number of benzene rings is 1. The molecule has 0 amide bonds. The molecule has 0 N–H and O–H groups in total. The first-order valence-electron chi connectivity index (χ1n) is 15.9. The van der Waals surface area contributed by atoms with Crippen molar-refractivity contribution in [3.63, 3.8) is 0 Å². The van der Waals surface area contributed by atoms with Crippen molar-refractivity contribution >= 4 is 39.7 Å². The highest BCUT2D eigenvalue weighted by molar-refractivity contribution is 7.93. The van der Waals surface area contributed by atoms with Crippen LogP contribution in [0, 0.1) is 23.2 Å². The van der Waals surface area contributed by atoms with Gasteiger partial charge in [0, 0.05) is 0 Å². The van der Waals surface area contributed by atoms with Gasteiger partial charge in [-0.2, -0.15) is 0 Å². The number of thiazole rings is 1. The topological polar surface area (TPSA) is 56.3 Å². The average molecular weight is 604 g/mol. The Morgan fingerprint density at radius 3 is 2.55 bits per heavy atom. The monoisotopic (exact) mass is 603 g/mol. The van der Waals surface area contributed by atoms with Crippen LogP contribution in [-0.4, -0.2) is 33.1 Å². The number of aromatic nitrogens is 1. The molecule has 2 aliphatic carbocycles. The van der Waals surface area contributed by atoms with Gasteiger partial charge in [-0.3, -0.25) is 0 Å². The number of fused-ring (bicyclic) bond motifs is 2. The number of rotatable bonds is 13. The number of sulfone groups is 1. The third kappa shape index (κ3) is 6.79. The molecule has 0 aliphatic heterocycles. The molecule has 224 valence electrons. The van der Waals surface area contributed by atoms with Crippen molar-refractivity contribution in [2.75, 3.05) is 5.75 Å². The van der Waals surface area contributed by atoms with E-state index < -0.39 is 18.2 Å². The molecule has 2 aliphatic rings. The number of allylic oxidation sites excluding steroid dienone is 1. The van der Waals surface area contributed by atoms with E-state index >= 15 is 0 Å². The maximum absolute atomic E-state index is 13.2. The average Bonchev–Trinajstić information content (AvgIpc) is 3.52. The molecule has 1 aromatic heterocycles. The number of nitrogens with zero attached hydrogens (tertiary/aromatic N) is 1. The smallest absolute Gasteiger partial charge is 0.210 e. The van der Waals surface area contributed by atoms with Crippen LogP contribution in [0.1, 0.15) is 99.8 Å². The van der Waals surface area contributed by atoms with E-state index in [2.05, 4.69) is 59.5 Å². The van der Waals surface area contributed by atoms with Gasteiger partial charge in [0.15, 0.2) is 8.32 Å². The van der Waals surface area contributed by atoms with Crippen LogP contribution >= 0.6 is 11.3 Å². The molecule has 0 bridgehead atoms. The van der Waals surface area contributed by atoms with Crippen molar-refractivity contribution in [2.45, 2.75) is 128 Å². The lowest BCUT2D eigenvalue weighted by atomic mass is 9.61. The predicted molar refractivity (Wildman–Crippen MR) is 173 cm³/mol. The summed E-state index contributed by atoms with van der Waals surface area (Å²) in [5.41, 5.74) is 2.41. The highest BCUT2D eigenvalue weighted by Crippen LogP contribution is 2.60. The van der Waals surface area contributed by atoms with Crippen molar-refractivity contribution in [3.8, 4) is 0 Å². The van der Waals surface area contributed by atoms with Crippen molar-refractivity contribution in [2.24, 2.45) is 23.2 Å². The van der Waals surface area contributed by atoms with Crippen LogP contribution in [0.15, 0.2) is 40.3 Å². The zero-order chi connectivity index (χ0) is 29.2. The van der Waals surface area contributed by atoms with Crippen LogP contribution < -0.4 is 0 Å². The molecule has 4 nitrogen and oxygen atoms in total. The minimum absolute atomic E-state index is 0.0361. The SMILES string of the molecule is CC[Si](CC)(CC)OC(C)(C)CCCC(C)[C@H]1CC[C@H]2C(=CCS(=O)(=O)c3nc4ccccc4s3)CCC[C@]12C. The Labute approximate surface area is 249 Å². The van der Waals surface area contributed by atoms with Gasteiger partial charge in [-0.1, -0.05) is 71.2 Å². The van der Waals surface area contributed by atoms with E-state index in [0.29, 0.717) is 17.8 Å². The molecule has 2 saturated carbocycles. The molecule has 1 heterocycles. The summed E-state index contributed by atoms with van der Waals surface area (Å²) in [7, 11) is -5.03. The van der Waals surface area contributed by atoms with E-state index in [0.717, 1.165) is 23.1 Å². The largest absolute Gasteiger partial charge is 0.412 e. The molecule has 0 spiro atoms. The summed E-state index contributed by atoms with van der Waals surface area (Å²) in [6.45, 7) is 16.6. The molecule has 0 saturated heterocycles. The fourth-order valence-corrected chi connectivity index (χ4v) is 13.9. The number of hydrogen-bond donors (Lipinski definition) is 0. The molecular weight excluding hydrogens is 551 g/mol. The summed E-state index contributed by atoms with van der Waals surface area (Å²) in [6.07, 6.45) is 11.6. The Balaban J connectivity index is 1.38. The second-order valence-electron chi connectivity index (χ2n) is 13.6. The molecular formula is C33H53NO3S2Si. The highest BCUT2D eigenvalue weighted by Gasteiger charge is 2.50. The van der Waals surface area contributed by atoms with Gasteiger partial charge in [-0.25, -0.2) is 13.4 Å². The third-order valence-corrected chi connectivity index (χ3v) is 18.6. The first kappa shape index (κ1) is 31.9. The second-order valence-corrected chi connectivity index (χ2v) is 21.5. The van der Waals surface area contributed by atoms with Gasteiger partial charge in [0.2, 0.25) is 14.2 Å². The van der Waals surface area contributed by atoms with Crippen LogP contribution in [0.25, 0.3) is 10.2 Å². The summed E-state index contributed by atoms with van der Waals surface area (Å²) < 4.78 is 34.5. The van der Waals surface area contributed by atoms with E-state index in [-0.39, 0.29) is 21.1 Å². The summed E-state index contributed by atoms with van der Waals surface area (Å²) in [4.78, 5) is 4.44. The molecule has 2 aromatic rings. The molecule has 4 atom stereocenters. The maximum Gasteiger partial charge on any atom is 0.210 e. The maximum atomic E-state index is 13.2. The van der Waals surface area contributed by atoms with E-state index in [4.69, 9.17) is 4.43 Å². The first-order chi connectivity index (χ1) is 18.9. The van der Waals surface area contributed by atoms with Crippen molar-refractivity contribution < 1.29 is 12.8 Å². The normalized spacial score (nSPS) is 25.9. The van der Waals surface area contributed by atoms with Crippen molar-refractivity contribution in [1.29, 1.82) is 0 Å². The lowest BCUT2D eigenvalue weighted by Gasteiger charge is -2.44. The van der Waals surface area contributed by atoms with Gasteiger partial charge in [-0.05, 0) is 106 Å². The number of hydrogen-bond acceptors (Lipinski definition) is 5. The van der Waals surface area contributed by atoms with Gasteiger partial charge < -0.3 is 4.43 Å². The van der Waals surface area contributed by atoms with E-state index in [1.807, 2.05) is 24.3 Å². The lowest BCUT2D eigenvalue weighted by molar-refractivity contribution is 0.0704. The number of para-hydroxylation sites is 1. The van der Waals surface area contributed by atoms with Gasteiger partial charge in [0.1, 0.15) is 0 Å². The summed E-state index contributed by atoms with van der Waals surface area (Å²) in [6, 6.07) is 11.3. The first-order valence-corrected chi connectivity index (χ1v) is 20.9. The second kappa shape index (κ2) is 12.7. The Bertz CT molecular complexity index is 1240. The fraction of sp³-hybridized carbons (Fsp3) is 0.727. The summed E-state index contributed by atoms with van der Waals surface area (Å²) >= 11 is 1.29. The van der Waals surface area contributed by atoms with Crippen molar-refractivity contribution in [3.05, 3.63) is 35.9 Å². The van der Waals surface area contributed by atoms with E-state index in [9.17, 15) is 8.42 Å². The highest BCUT2D eigenvalue weighted by atomic mass is 32.2.